The standard InChI is InChI=1S/C14H29N3O/c1-4-12-8-6-10-17(12)11-7-9-14(3,13(15)18)16-5-2/h12,16H,4-11H2,1-3H3,(H2,15,18). The number of carbonyl (C=O) groups excluding carboxylic acids is 1. The largest absolute Gasteiger partial charge is 0.368 e. The first-order valence-corrected chi connectivity index (χ1v) is 7.32. The molecular formula is C14H29N3O. The second kappa shape index (κ2) is 7.10. The SMILES string of the molecule is CCNC(C)(CCCN1CCCC1CC)C(N)=O. The summed E-state index contributed by atoms with van der Waals surface area (Å²) in [4.78, 5) is 14.1. The average Bonchev–Trinajstić information content (AvgIpc) is 2.76. The molecule has 1 rings (SSSR count). The highest BCUT2D eigenvalue weighted by atomic mass is 16.1. The van der Waals surface area contributed by atoms with Crippen molar-refractivity contribution in [3.8, 4) is 0 Å². The van der Waals surface area contributed by atoms with Crippen molar-refractivity contribution in [2.24, 2.45) is 5.73 Å². The van der Waals surface area contributed by atoms with Crippen LogP contribution in [-0.4, -0.2) is 42.0 Å². The van der Waals surface area contributed by atoms with Crippen molar-refractivity contribution in [3.05, 3.63) is 0 Å². The molecular weight excluding hydrogens is 226 g/mol. The van der Waals surface area contributed by atoms with E-state index in [4.69, 9.17) is 5.73 Å². The molecule has 0 bridgehead atoms. The van der Waals surface area contributed by atoms with Crippen molar-refractivity contribution in [3.63, 3.8) is 0 Å². The molecule has 2 unspecified atom stereocenters. The maximum absolute atomic E-state index is 11.5. The summed E-state index contributed by atoms with van der Waals surface area (Å²) >= 11 is 0. The molecule has 0 aromatic heterocycles. The first-order valence-electron chi connectivity index (χ1n) is 7.32. The third kappa shape index (κ3) is 3.95. The minimum Gasteiger partial charge on any atom is -0.368 e. The number of hydrogen-bond donors (Lipinski definition) is 2. The Kier molecular flexibility index (Phi) is 6.09. The van der Waals surface area contributed by atoms with Crippen molar-refractivity contribution in [2.75, 3.05) is 19.6 Å². The maximum atomic E-state index is 11.5. The van der Waals surface area contributed by atoms with E-state index in [1.165, 1.54) is 25.8 Å². The number of likely N-dealkylation sites (tertiary alicyclic amines) is 1. The summed E-state index contributed by atoms with van der Waals surface area (Å²) in [5.41, 5.74) is 4.94. The van der Waals surface area contributed by atoms with Gasteiger partial charge in [0.2, 0.25) is 5.91 Å². The molecule has 0 aromatic rings. The summed E-state index contributed by atoms with van der Waals surface area (Å²) in [6, 6.07) is 0.754. The highest BCUT2D eigenvalue weighted by Crippen LogP contribution is 2.21. The van der Waals surface area contributed by atoms with Crippen LogP contribution in [0, 0.1) is 0 Å². The Hall–Kier alpha value is -0.610. The fraction of sp³-hybridized carbons (Fsp3) is 0.929. The summed E-state index contributed by atoms with van der Waals surface area (Å²) in [5, 5.41) is 3.22. The van der Waals surface area contributed by atoms with E-state index in [9.17, 15) is 4.79 Å². The number of hydrogen-bond acceptors (Lipinski definition) is 3. The minimum atomic E-state index is -0.545. The van der Waals surface area contributed by atoms with Gasteiger partial charge in [0.25, 0.3) is 0 Å². The zero-order chi connectivity index (χ0) is 13.6. The summed E-state index contributed by atoms with van der Waals surface area (Å²) in [6.07, 6.45) is 5.74. The van der Waals surface area contributed by atoms with Crippen LogP contribution in [0.3, 0.4) is 0 Å². The molecule has 1 saturated heterocycles. The topological polar surface area (TPSA) is 58.4 Å². The van der Waals surface area contributed by atoms with Gasteiger partial charge in [-0.1, -0.05) is 13.8 Å². The van der Waals surface area contributed by atoms with Crippen LogP contribution < -0.4 is 11.1 Å². The van der Waals surface area contributed by atoms with Gasteiger partial charge in [-0.25, -0.2) is 0 Å². The monoisotopic (exact) mass is 255 g/mol. The highest BCUT2D eigenvalue weighted by Gasteiger charge is 2.30. The van der Waals surface area contributed by atoms with E-state index >= 15 is 0 Å². The fourth-order valence-corrected chi connectivity index (χ4v) is 2.98. The van der Waals surface area contributed by atoms with Gasteiger partial charge in [0, 0.05) is 6.04 Å². The van der Waals surface area contributed by atoms with E-state index in [1.54, 1.807) is 0 Å². The molecule has 0 saturated carbocycles. The number of amides is 1. The van der Waals surface area contributed by atoms with E-state index in [0.717, 1.165) is 32.0 Å². The van der Waals surface area contributed by atoms with Crippen LogP contribution >= 0.6 is 0 Å². The molecule has 1 aliphatic rings. The molecule has 18 heavy (non-hydrogen) atoms. The van der Waals surface area contributed by atoms with Crippen LogP contribution in [0.15, 0.2) is 0 Å². The van der Waals surface area contributed by atoms with Gasteiger partial charge in [-0.05, 0) is 58.7 Å². The van der Waals surface area contributed by atoms with E-state index in [2.05, 4.69) is 17.1 Å². The van der Waals surface area contributed by atoms with Gasteiger partial charge in [0.15, 0.2) is 0 Å². The quantitative estimate of drug-likeness (QED) is 0.691. The maximum Gasteiger partial charge on any atom is 0.237 e. The van der Waals surface area contributed by atoms with Crippen LogP contribution in [0.1, 0.15) is 52.9 Å². The van der Waals surface area contributed by atoms with Gasteiger partial charge in [0.05, 0.1) is 5.54 Å². The lowest BCUT2D eigenvalue weighted by molar-refractivity contribution is -0.124. The van der Waals surface area contributed by atoms with Gasteiger partial charge < -0.3 is 16.0 Å². The molecule has 1 fully saturated rings. The Balaban J connectivity index is 2.37. The van der Waals surface area contributed by atoms with Crippen LogP contribution in [-0.2, 0) is 4.79 Å². The number of likely N-dealkylation sites (N-methyl/N-ethyl adjacent to an activating group) is 1. The number of nitrogens with two attached hydrogens (primary N) is 1. The first-order chi connectivity index (χ1) is 8.53. The number of primary amides is 1. The van der Waals surface area contributed by atoms with Gasteiger partial charge in [-0.15, -0.1) is 0 Å². The number of carbonyl (C=O) groups is 1. The molecule has 0 aromatic carbocycles. The lowest BCUT2D eigenvalue weighted by atomic mass is 9.94. The van der Waals surface area contributed by atoms with Crippen LogP contribution in [0.4, 0.5) is 0 Å². The van der Waals surface area contributed by atoms with Gasteiger partial charge in [-0.3, -0.25) is 4.79 Å². The molecule has 0 spiro atoms. The minimum absolute atomic E-state index is 0.238. The third-order valence-electron chi connectivity index (χ3n) is 4.20. The Morgan fingerprint density at radius 3 is 2.78 bits per heavy atom. The van der Waals surface area contributed by atoms with Crippen molar-refractivity contribution >= 4 is 5.91 Å². The normalized spacial score (nSPS) is 24.1. The third-order valence-corrected chi connectivity index (χ3v) is 4.20. The van der Waals surface area contributed by atoms with E-state index in [-0.39, 0.29) is 5.91 Å². The zero-order valence-corrected chi connectivity index (χ0v) is 12.2. The molecule has 106 valence electrons. The first kappa shape index (κ1) is 15.4. The van der Waals surface area contributed by atoms with Crippen LogP contribution in [0.25, 0.3) is 0 Å². The second-order valence-electron chi connectivity index (χ2n) is 5.57. The van der Waals surface area contributed by atoms with E-state index < -0.39 is 5.54 Å². The smallest absolute Gasteiger partial charge is 0.237 e. The molecule has 2 atom stereocenters. The summed E-state index contributed by atoms with van der Waals surface area (Å²) in [6.45, 7) is 9.27. The Morgan fingerprint density at radius 2 is 2.22 bits per heavy atom. The van der Waals surface area contributed by atoms with Crippen molar-refractivity contribution in [2.45, 2.75) is 64.5 Å². The molecule has 1 amide bonds. The molecule has 4 heteroatoms. The zero-order valence-electron chi connectivity index (χ0n) is 12.2. The molecule has 4 nitrogen and oxygen atoms in total. The summed E-state index contributed by atoms with van der Waals surface area (Å²) < 4.78 is 0. The average molecular weight is 255 g/mol. The summed E-state index contributed by atoms with van der Waals surface area (Å²) in [5.74, 6) is -0.238. The predicted octanol–water partition coefficient (Wildman–Crippen LogP) is 1.49. The lowest BCUT2D eigenvalue weighted by Gasteiger charge is -2.29. The molecule has 3 N–H and O–H groups in total. The fourth-order valence-electron chi connectivity index (χ4n) is 2.98. The lowest BCUT2D eigenvalue weighted by Crippen LogP contribution is -2.53. The van der Waals surface area contributed by atoms with Crippen LogP contribution in [0.5, 0.6) is 0 Å². The van der Waals surface area contributed by atoms with E-state index in [1.807, 2.05) is 13.8 Å². The number of nitrogens with one attached hydrogen (secondary N) is 1. The highest BCUT2D eigenvalue weighted by molar-refractivity contribution is 5.84. The molecule has 1 aliphatic heterocycles. The van der Waals surface area contributed by atoms with Crippen molar-refractivity contribution in [1.29, 1.82) is 0 Å². The predicted molar refractivity (Wildman–Crippen MR) is 75.4 cm³/mol. The molecule has 0 aliphatic carbocycles. The number of nitrogens with zero attached hydrogens (tertiary/aromatic N) is 1. The van der Waals surface area contributed by atoms with Crippen molar-refractivity contribution < 1.29 is 4.79 Å². The van der Waals surface area contributed by atoms with Crippen LogP contribution in [0.2, 0.25) is 0 Å². The molecule has 0 radical (unpaired) electrons. The second-order valence-corrected chi connectivity index (χ2v) is 5.57. The van der Waals surface area contributed by atoms with Gasteiger partial charge in [0.1, 0.15) is 0 Å². The van der Waals surface area contributed by atoms with Crippen molar-refractivity contribution in [1.82, 2.24) is 10.2 Å². The van der Waals surface area contributed by atoms with Gasteiger partial charge in [-0.2, -0.15) is 0 Å². The van der Waals surface area contributed by atoms with Gasteiger partial charge >= 0.3 is 0 Å². The Bertz CT molecular complexity index is 270. The number of rotatable bonds is 8. The summed E-state index contributed by atoms with van der Waals surface area (Å²) in [7, 11) is 0. The molecule has 1 heterocycles. The Morgan fingerprint density at radius 1 is 1.50 bits per heavy atom. The Labute approximate surface area is 111 Å². The van der Waals surface area contributed by atoms with E-state index in [0.29, 0.717) is 0 Å².